The first-order valence-corrected chi connectivity index (χ1v) is 7.52. The Kier molecular flexibility index (Phi) is 2.79. The van der Waals surface area contributed by atoms with Crippen LogP contribution in [0.2, 0.25) is 0 Å². The summed E-state index contributed by atoms with van der Waals surface area (Å²) in [4.78, 5) is 0. The van der Waals surface area contributed by atoms with Gasteiger partial charge in [0.15, 0.2) is 5.79 Å². The molecule has 3 heterocycles. The van der Waals surface area contributed by atoms with Gasteiger partial charge in [-0.1, -0.05) is 0 Å². The molecule has 0 amide bonds. The van der Waals surface area contributed by atoms with Gasteiger partial charge < -0.3 is 14.2 Å². The summed E-state index contributed by atoms with van der Waals surface area (Å²) in [7, 11) is 0. The van der Waals surface area contributed by atoms with Crippen molar-refractivity contribution >= 4 is 11.8 Å². The average molecular weight is 258 g/mol. The van der Waals surface area contributed by atoms with Crippen molar-refractivity contribution in [3.05, 3.63) is 0 Å². The van der Waals surface area contributed by atoms with Gasteiger partial charge in [-0.2, -0.15) is 11.8 Å². The number of hydrogen-bond donors (Lipinski definition) is 0. The molecule has 0 aromatic carbocycles. The normalized spacial score (nSPS) is 47.3. The lowest BCUT2D eigenvalue weighted by molar-refractivity contribution is -0.157. The van der Waals surface area contributed by atoms with Gasteiger partial charge in [0.1, 0.15) is 0 Å². The molecule has 0 unspecified atom stereocenters. The van der Waals surface area contributed by atoms with Crippen molar-refractivity contribution in [3.63, 3.8) is 0 Å². The maximum Gasteiger partial charge on any atom is 0.163 e. The third kappa shape index (κ3) is 2.25. The molecule has 4 atom stereocenters. The second-order valence-corrected chi connectivity index (χ2v) is 7.72. The minimum Gasteiger partial charge on any atom is -0.374 e. The van der Waals surface area contributed by atoms with Crippen LogP contribution in [0.25, 0.3) is 0 Å². The first kappa shape index (κ1) is 12.3. The van der Waals surface area contributed by atoms with Crippen LogP contribution in [0.15, 0.2) is 0 Å². The molecule has 3 aliphatic rings. The van der Waals surface area contributed by atoms with E-state index in [9.17, 15) is 0 Å². The number of fused-ring (bicyclic) bond motifs is 3. The van der Waals surface area contributed by atoms with Gasteiger partial charge in [-0.3, -0.25) is 0 Å². The average Bonchev–Trinajstić information content (AvgIpc) is 2.51. The van der Waals surface area contributed by atoms with Gasteiger partial charge >= 0.3 is 0 Å². The van der Waals surface area contributed by atoms with Crippen LogP contribution < -0.4 is 0 Å². The van der Waals surface area contributed by atoms with E-state index in [0.29, 0.717) is 11.2 Å². The molecule has 0 bridgehead atoms. The van der Waals surface area contributed by atoms with E-state index in [1.807, 2.05) is 25.6 Å². The highest BCUT2D eigenvalue weighted by Crippen LogP contribution is 2.47. The molecular formula is C13H22O3S. The fourth-order valence-corrected chi connectivity index (χ4v) is 4.62. The van der Waals surface area contributed by atoms with Crippen molar-refractivity contribution in [2.45, 2.75) is 63.0 Å². The van der Waals surface area contributed by atoms with E-state index in [4.69, 9.17) is 14.2 Å². The smallest absolute Gasteiger partial charge is 0.163 e. The van der Waals surface area contributed by atoms with E-state index < -0.39 is 5.79 Å². The lowest BCUT2D eigenvalue weighted by atomic mass is 9.82. The summed E-state index contributed by atoms with van der Waals surface area (Å²) in [6, 6.07) is 0. The second kappa shape index (κ2) is 3.86. The third-order valence-electron chi connectivity index (χ3n) is 3.96. The number of ether oxygens (including phenoxy) is 3. The second-order valence-electron chi connectivity index (χ2n) is 6.45. The van der Waals surface area contributed by atoms with E-state index in [0.717, 1.165) is 18.8 Å². The zero-order valence-corrected chi connectivity index (χ0v) is 11.9. The lowest BCUT2D eigenvalue weighted by Gasteiger charge is -2.46. The van der Waals surface area contributed by atoms with Gasteiger partial charge in [0.25, 0.3) is 0 Å². The summed E-state index contributed by atoms with van der Waals surface area (Å²) in [5.41, 5.74) is -0.0142. The minimum atomic E-state index is -0.409. The first-order valence-electron chi connectivity index (χ1n) is 6.48. The van der Waals surface area contributed by atoms with Crippen LogP contribution >= 0.6 is 11.8 Å². The maximum absolute atomic E-state index is 6.12. The molecular weight excluding hydrogens is 236 g/mol. The predicted octanol–water partition coefficient (Wildman–Crippen LogP) is 2.44. The van der Waals surface area contributed by atoms with Gasteiger partial charge in [0.05, 0.1) is 24.4 Å². The summed E-state index contributed by atoms with van der Waals surface area (Å²) >= 11 is 2.00. The molecule has 3 rings (SSSR count). The van der Waals surface area contributed by atoms with E-state index in [1.54, 1.807) is 0 Å². The summed E-state index contributed by atoms with van der Waals surface area (Å²) < 4.78 is 18.0. The highest BCUT2D eigenvalue weighted by Gasteiger charge is 2.53. The zero-order chi connectivity index (χ0) is 12.3. The van der Waals surface area contributed by atoms with Crippen molar-refractivity contribution in [1.82, 2.24) is 0 Å². The third-order valence-corrected chi connectivity index (χ3v) is 5.40. The van der Waals surface area contributed by atoms with Crippen molar-refractivity contribution in [3.8, 4) is 0 Å². The Bertz CT molecular complexity index is 316. The summed E-state index contributed by atoms with van der Waals surface area (Å²) in [5.74, 6) is 1.20. The largest absolute Gasteiger partial charge is 0.374 e. The van der Waals surface area contributed by atoms with Gasteiger partial charge in [0, 0.05) is 16.9 Å². The molecule has 3 saturated heterocycles. The molecule has 0 aliphatic carbocycles. The van der Waals surface area contributed by atoms with Crippen molar-refractivity contribution in [2.24, 2.45) is 5.92 Å². The first-order chi connectivity index (χ1) is 7.86. The highest BCUT2D eigenvalue weighted by molar-refractivity contribution is 8.00. The van der Waals surface area contributed by atoms with Crippen molar-refractivity contribution in [2.75, 3.05) is 12.4 Å². The molecule has 3 nitrogen and oxygen atoms in total. The van der Waals surface area contributed by atoms with Crippen LogP contribution in [-0.4, -0.2) is 41.2 Å². The van der Waals surface area contributed by atoms with Crippen LogP contribution in [0.3, 0.4) is 0 Å². The molecule has 3 fully saturated rings. The fourth-order valence-electron chi connectivity index (χ4n) is 3.26. The standard InChI is InChI=1S/C13H22O3S/c1-12(2)5-8-10(6-14-12)17-7-9-11(8)16-13(3,4)15-9/h8-11H,5-7H2,1-4H3/t8-,9-,10+,11+/m1/s1. The van der Waals surface area contributed by atoms with Crippen LogP contribution in [0.4, 0.5) is 0 Å². The Morgan fingerprint density at radius 2 is 1.88 bits per heavy atom. The quantitative estimate of drug-likeness (QED) is 0.667. The van der Waals surface area contributed by atoms with Crippen molar-refractivity contribution in [1.29, 1.82) is 0 Å². The van der Waals surface area contributed by atoms with Gasteiger partial charge in [-0.05, 0) is 34.1 Å². The van der Waals surface area contributed by atoms with Crippen LogP contribution in [-0.2, 0) is 14.2 Å². The molecule has 0 saturated carbocycles. The molecule has 0 spiro atoms. The zero-order valence-electron chi connectivity index (χ0n) is 11.1. The maximum atomic E-state index is 6.12. The number of thioether (sulfide) groups is 1. The molecule has 4 heteroatoms. The van der Waals surface area contributed by atoms with Crippen LogP contribution in [0.5, 0.6) is 0 Å². The van der Waals surface area contributed by atoms with Crippen LogP contribution in [0, 0.1) is 5.92 Å². The number of hydrogen-bond acceptors (Lipinski definition) is 4. The van der Waals surface area contributed by atoms with E-state index in [-0.39, 0.29) is 17.8 Å². The molecule has 3 aliphatic heterocycles. The Labute approximate surface area is 108 Å². The Balaban J connectivity index is 1.80. The Hall–Kier alpha value is 0.230. The SMILES string of the molecule is CC1(C)C[C@H]2[C@@H]3OC(C)(C)O[C@@H]3CS[C@H]2CO1. The monoisotopic (exact) mass is 258 g/mol. The topological polar surface area (TPSA) is 27.7 Å². The van der Waals surface area contributed by atoms with Crippen molar-refractivity contribution < 1.29 is 14.2 Å². The molecule has 17 heavy (non-hydrogen) atoms. The molecule has 0 radical (unpaired) electrons. The highest BCUT2D eigenvalue weighted by atomic mass is 32.2. The number of rotatable bonds is 0. The summed E-state index contributed by atoms with van der Waals surface area (Å²) in [6.45, 7) is 9.26. The van der Waals surface area contributed by atoms with E-state index in [1.165, 1.54) is 0 Å². The molecule has 98 valence electrons. The Morgan fingerprint density at radius 3 is 2.65 bits per heavy atom. The minimum absolute atomic E-state index is 0.0142. The Morgan fingerprint density at radius 1 is 1.12 bits per heavy atom. The van der Waals surface area contributed by atoms with E-state index >= 15 is 0 Å². The fraction of sp³-hybridized carbons (Fsp3) is 1.00. The van der Waals surface area contributed by atoms with Crippen LogP contribution in [0.1, 0.15) is 34.1 Å². The van der Waals surface area contributed by atoms with E-state index in [2.05, 4.69) is 13.8 Å². The van der Waals surface area contributed by atoms with Gasteiger partial charge in [-0.25, -0.2) is 0 Å². The summed E-state index contributed by atoms with van der Waals surface area (Å²) in [6.07, 6.45) is 1.61. The van der Waals surface area contributed by atoms with Gasteiger partial charge in [-0.15, -0.1) is 0 Å². The molecule has 0 aromatic rings. The van der Waals surface area contributed by atoms with Gasteiger partial charge in [0.2, 0.25) is 0 Å². The molecule has 0 aromatic heterocycles. The molecule has 0 N–H and O–H groups in total. The predicted molar refractivity (Wildman–Crippen MR) is 68.2 cm³/mol. The summed E-state index contributed by atoms with van der Waals surface area (Å²) in [5, 5.41) is 0.585. The lowest BCUT2D eigenvalue weighted by Crippen LogP contribution is -2.52.